The van der Waals surface area contributed by atoms with Gasteiger partial charge in [-0.15, -0.1) is 0 Å². The van der Waals surface area contributed by atoms with Crippen LogP contribution in [0.25, 0.3) is 0 Å². The van der Waals surface area contributed by atoms with Gasteiger partial charge in [-0.25, -0.2) is 9.59 Å². The Morgan fingerprint density at radius 3 is 2.17 bits per heavy atom. The molecule has 0 saturated carbocycles. The maximum atomic E-state index is 9.10. The van der Waals surface area contributed by atoms with Gasteiger partial charge >= 0.3 is 11.9 Å². The SMILES string of the molecule is CN1CCC(N(C)Cc2cccc(Oc3ccccc3)c2)CC1.O=C(O)C(=O)O. The molecule has 2 aromatic rings. The van der Waals surface area contributed by atoms with E-state index in [4.69, 9.17) is 24.5 Å². The second kappa shape index (κ2) is 11.2. The summed E-state index contributed by atoms with van der Waals surface area (Å²) in [7, 11) is 4.45. The summed E-state index contributed by atoms with van der Waals surface area (Å²) in [6, 6.07) is 19.1. The number of hydrogen-bond donors (Lipinski definition) is 2. The van der Waals surface area contributed by atoms with Crippen LogP contribution in [0.4, 0.5) is 0 Å². The van der Waals surface area contributed by atoms with Gasteiger partial charge < -0.3 is 19.8 Å². The molecule has 2 N–H and O–H groups in total. The van der Waals surface area contributed by atoms with E-state index in [-0.39, 0.29) is 0 Å². The van der Waals surface area contributed by atoms with Gasteiger partial charge in [-0.1, -0.05) is 30.3 Å². The number of carbonyl (C=O) groups is 2. The summed E-state index contributed by atoms with van der Waals surface area (Å²) < 4.78 is 5.93. The van der Waals surface area contributed by atoms with E-state index in [0.29, 0.717) is 6.04 Å². The minimum absolute atomic E-state index is 0.685. The van der Waals surface area contributed by atoms with Crippen molar-refractivity contribution in [2.75, 3.05) is 27.2 Å². The van der Waals surface area contributed by atoms with Crippen LogP contribution in [-0.2, 0) is 16.1 Å². The molecule has 0 bridgehead atoms. The zero-order chi connectivity index (χ0) is 21.2. The van der Waals surface area contributed by atoms with Crippen LogP contribution in [0.2, 0.25) is 0 Å². The standard InChI is InChI=1S/C20H26N2O.C2H2O4/c1-21-13-11-18(12-14-21)22(2)16-17-7-6-10-20(15-17)23-19-8-4-3-5-9-19;3-1(4)2(5)6/h3-10,15,18H,11-14,16H2,1-2H3;(H,3,4)(H,5,6). The molecule has 0 aliphatic carbocycles. The van der Waals surface area contributed by atoms with Crippen LogP contribution in [0.3, 0.4) is 0 Å². The molecule has 1 fully saturated rings. The van der Waals surface area contributed by atoms with Gasteiger partial charge in [0.2, 0.25) is 0 Å². The van der Waals surface area contributed by atoms with Gasteiger partial charge in [0, 0.05) is 12.6 Å². The first kappa shape index (κ1) is 22.4. The Balaban J connectivity index is 0.000000438. The number of rotatable bonds is 5. The van der Waals surface area contributed by atoms with Gasteiger partial charge in [-0.3, -0.25) is 4.90 Å². The number of hydrogen-bond acceptors (Lipinski definition) is 5. The molecule has 156 valence electrons. The van der Waals surface area contributed by atoms with E-state index in [0.717, 1.165) is 18.0 Å². The van der Waals surface area contributed by atoms with E-state index >= 15 is 0 Å². The predicted octanol–water partition coefficient (Wildman–Crippen LogP) is 3.16. The molecule has 3 rings (SSSR count). The lowest BCUT2D eigenvalue weighted by molar-refractivity contribution is -0.159. The van der Waals surface area contributed by atoms with Crippen LogP contribution in [0.15, 0.2) is 54.6 Å². The molecule has 0 unspecified atom stereocenters. The quantitative estimate of drug-likeness (QED) is 0.745. The van der Waals surface area contributed by atoms with Crippen LogP contribution in [0, 0.1) is 0 Å². The van der Waals surface area contributed by atoms with Crippen molar-refractivity contribution in [3.8, 4) is 11.5 Å². The molecular formula is C22H28N2O5. The van der Waals surface area contributed by atoms with Crippen molar-refractivity contribution < 1.29 is 24.5 Å². The summed E-state index contributed by atoms with van der Waals surface area (Å²) >= 11 is 0. The fourth-order valence-corrected chi connectivity index (χ4v) is 3.18. The molecule has 1 aliphatic rings. The molecule has 0 atom stereocenters. The second-order valence-corrected chi connectivity index (χ2v) is 7.12. The minimum Gasteiger partial charge on any atom is -0.473 e. The third-order valence-corrected chi connectivity index (χ3v) is 4.80. The fourth-order valence-electron chi connectivity index (χ4n) is 3.18. The largest absolute Gasteiger partial charge is 0.473 e. The first-order chi connectivity index (χ1) is 13.8. The normalized spacial score (nSPS) is 14.7. The molecule has 0 radical (unpaired) electrons. The van der Waals surface area contributed by atoms with Crippen molar-refractivity contribution in [2.24, 2.45) is 0 Å². The summed E-state index contributed by atoms with van der Waals surface area (Å²) in [4.78, 5) is 23.1. The van der Waals surface area contributed by atoms with Crippen molar-refractivity contribution in [1.82, 2.24) is 9.80 Å². The number of nitrogens with zero attached hydrogens (tertiary/aromatic N) is 2. The minimum atomic E-state index is -1.82. The van der Waals surface area contributed by atoms with Gasteiger partial charge in [0.1, 0.15) is 11.5 Å². The van der Waals surface area contributed by atoms with Gasteiger partial charge in [0.25, 0.3) is 0 Å². The number of benzene rings is 2. The number of carboxylic acid groups (broad SMARTS) is 2. The average molecular weight is 400 g/mol. The molecular weight excluding hydrogens is 372 g/mol. The Morgan fingerprint density at radius 1 is 1.00 bits per heavy atom. The highest BCUT2D eigenvalue weighted by molar-refractivity contribution is 6.27. The van der Waals surface area contributed by atoms with Gasteiger partial charge in [-0.2, -0.15) is 0 Å². The van der Waals surface area contributed by atoms with Crippen molar-refractivity contribution in [3.05, 3.63) is 60.2 Å². The summed E-state index contributed by atoms with van der Waals surface area (Å²) in [5, 5.41) is 14.8. The summed E-state index contributed by atoms with van der Waals surface area (Å²) in [5.41, 5.74) is 1.31. The molecule has 7 heteroatoms. The number of piperidine rings is 1. The van der Waals surface area contributed by atoms with Crippen LogP contribution < -0.4 is 4.74 Å². The third-order valence-electron chi connectivity index (χ3n) is 4.80. The molecule has 1 saturated heterocycles. The zero-order valence-electron chi connectivity index (χ0n) is 16.8. The average Bonchev–Trinajstić information content (AvgIpc) is 2.70. The maximum absolute atomic E-state index is 9.10. The zero-order valence-corrected chi connectivity index (χ0v) is 16.8. The Hall–Kier alpha value is -2.90. The number of ether oxygens (including phenoxy) is 1. The molecule has 1 aliphatic heterocycles. The molecule has 0 aromatic heterocycles. The molecule has 29 heavy (non-hydrogen) atoms. The second-order valence-electron chi connectivity index (χ2n) is 7.12. The van der Waals surface area contributed by atoms with Crippen molar-refractivity contribution in [2.45, 2.75) is 25.4 Å². The fraction of sp³-hybridized carbons (Fsp3) is 0.364. The van der Waals surface area contributed by atoms with Crippen molar-refractivity contribution >= 4 is 11.9 Å². The number of para-hydroxylation sites is 1. The van der Waals surface area contributed by atoms with Crippen LogP contribution >= 0.6 is 0 Å². The van der Waals surface area contributed by atoms with Crippen LogP contribution in [0.5, 0.6) is 11.5 Å². The van der Waals surface area contributed by atoms with Crippen LogP contribution in [0.1, 0.15) is 18.4 Å². The molecule has 0 spiro atoms. The molecule has 7 nitrogen and oxygen atoms in total. The first-order valence-electron chi connectivity index (χ1n) is 9.52. The third kappa shape index (κ3) is 7.93. The Morgan fingerprint density at radius 2 is 1.59 bits per heavy atom. The summed E-state index contributed by atoms with van der Waals surface area (Å²) in [6.45, 7) is 3.37. The van der Waals surface area contributed by atoms with E-state index in [1.807, 2.05) is 36.4 Å². The number of carboxylic acids is 2. The highest BCUT2D eigenvalue weighted by Gasteiger charge is 2.20. The maximum Gasteiger partial charge on any atom is 0.414 e. The number of aliphatic carboxylic acids is 2. The van der Waals surface area contributed by atoms with E-state index in [2.05, 4.69) is 42.1 Å². The van der Waals surface area contributed by atoms with Gasteiger partial charge in [0.05, 0.1) is 0 Å². The monoisotopic (exact) mass is 400 g/mol. The lowest BCUT2D eigenvalue weighted by atomic mass is 10.0. The molecule has 0 amide bonds. The highest BCUT2D eigenvalue weighted by atomic mass is 16.5. The Kier molecular flexibility index (Phi) is 8.64. The van der Waals surface area contributed by atoms with E-state index in [9.17, 15) is 0 Å². The van der Waals surface area contributed by atoms with Crippen molar-refractivity contribution in [3.63, 3.8) is 0 Å². The summed E-state index contributed by atoms with van der Waals surface area (Å²) in [5.74, 6) is -1.86. The first-order valence-corrected chi connectivity index (χ1v) is 9.52. The van der Waals surface area contributed by atoms with Crippen molar-refractivity contribution in [1.29, 1.82) is 0 Å². The topological polar surface area (TPSA) is 90.3 Å². The van der Waals surface area contributed by atoms with Gasteiger partial charge in [0.15, 0.2) is 0 Å². The van der Waals surface area contributed by atoms with Crippen LogP contribution in [-0.4, -0.2) is 65.2 Å². The predicted molar refractivity (Wildman–Crippen MR) is 110 cm³/mol. The molecule has 1 heterocycles. The molecule has 2 aromatic carbocycles. The highest BCUT2D eigenvalue weighted by Crippen LogP contribution is 2.23. The Bertz CT molecular complexity index is 777. The lowest BCUT2D eigenvalue weighted by Crippen LogP contribution is -2.41. The van der Waals surface area contributed by atoms with Gasteiger partial charge in [-0.05, 0) is 69.9 Å². The van der Waals surface area contributed by atoms with E-state index in [1.165, 1.54) is 31.5 Å². The smallest absolute Gasteiger partial charge is 0.414 e. The van der Waals surface area contributed by atoms with E-state index in [1.54, 1.807) is 0 Å². The number of likely N-dealkylation sites (tertiary alicyclic amines) is 1. The van der Waals surface area contributed by atoms with E-state index < -0.39 is 11.9 Å². The summed E-state index contributed by atoms with van der Waals surface area (Å²) in [6.07, 6.45) is 2.51. The lowest BCUT2D eigenvalue weighted by Gasteiger charge is -2.35. The Labute approximate surface area is 171 Å².